The van der Waals surface area contributed by atoms with Crippen molar-refractivity contribution in [1.82, 2.24) is 10.6 Å². The van der Waals surface area contributed by atoms with Crippen molar-refractivity contribution in [3.63, 3.8) is 0 Å². The van der Waals surface area contributed by atoms with Crippen molar-refractivity contribution < 1.29 is 9.59 Å². The smallest absolute Gasteiger partial charge is 0.309 e. The number of carbonyl (C=O) groups excluding carboxylic acids is 2. The molecule has 0 aromatic carbocycles. The molecule has 0 atom stereocenters. The average molecular weight is 186 g/mol. The van der Waals surface area contributed by atoms with Crippen molar-refractivity contribution in [2.75, 3.05) is 6.54 Å². The van der Waals surface area contributed by atoms with E-state index in [1.165, 1.54) is 0 Å². The fourth-order valence-corrected chi connectivity index (χ4v) is 0.787. The van der Waals surface area contributed by atoms with Gasteiger partial charge in [0.05, 0.1) is 0 Å². The van der Waals surface area contributed by atoms with Crippen molar-refractivity contribution in [3.05, 3.63) is 0 Å². The number of amides is 2. The van der Waals surface area contributed by atoms with Crippen LogP contribution in [0.3, 0.4) is 0 Å². The zero-order chi connectivity index (χ0) is 10.3. The lowest BCUT2D eigenvalue weighted by atomic mass is 10.3. The molecular weight excluding hydrogens is 168 g/mol. The van der Waals surface area contributed by atoms with Gasteiger partial charge in [-0.3, -0.25) is 9.59 Å². The first kappa shape index (κ1) is 11.9. The van der Waals surface area contributed by atoms with Crippen LogP contribution in [0.4, 0.5) is 0 Å². The standard InChI is InChI=1S/C9H18N2O2/c1-4-5-6-10-8(12)9(13)11-7(2)3/h7H,4-6H2,1-3H3,(H,10,12)(H,11,13). The molecule has 0 saturated heterocycles. The van der Waals surface area contributed by atoms with Crippen LogP contribution < -0.4 is 10.6 Å². The summed E-state index contributed by atoms with van der Waals surface area (Å²) in [5.74, 6) is -1.09. The molecule has 4 nitrogen and oxygen atoms in total. The van der Waals surface area contributed by atoms with Gasteiger partial charge in [0.1, 0.15) is 0 Å². The number of rotatable bonds is 4. The van der Waals surface area contributed by atoms with Crippen molar-refractivity contribution in [2.45, 2.75) is 39.7 Å². The summed E-state index contributed by atoms with van der Waals surface area (Å²) >= 11 is 0. The molecule has 13 heavy (non-hydrogen) atoms. The van der Waals surface area contributed by atoms with E-state index in [9.17, 15) is 9.59 Å². The zero-order valence-electron chi connectivity index (χ0n) is 8.52. The van der Waals surface area contributed by atoms with Crippen LogP contribution in [-0.2, 0) is 9.59 Å². The molecule has 0 fully saturated rings. The maximum absolute atomic E-state index is 11.0. The molecule has 0 spiro atoms. The Labute approximate surface area is 79.1 Å². The Morgan fingerprint density at radius 3 is 2.31 bits per heavy atom. The number of hydrogen-bond donors (Lipinski definition) is 2. The third kappa shape index (κ3) is 6.13. The van der Waals surface area contributed by atoms with Gasteiger partial charge in [0.2, 0.25) is 0 Å². The molecule has 4 heteroatoms. The minimum Gasteiger partial charge on any atom is -0.348 e. The summed E-state index contributed by atoms with van der Waals surface area (Å²) in [6, 6.07) is 0.00410. The first-order chi connectivity index (χ1) is 6.07. The van der Waals surface area contributed by atoms with Crippen molar-refractivity contribution in [2.24, 2.45) is 0 Å². The van der Waals surface area contributed by atoms with E-state index in [2.05, 4.69) is 10.6 Å². The quantitative estimate of drug-likeness (QED) is 0.494. The van der Waals surface area contributed by atoms with Crippen LogP contribution in [0.5, 0.6) is 0 Å². The Balaban J connectivity index is 3.64. The molecule has 0 saturated carbocycles. The average Bonchev–Trinajstić information content (AvgIpc) is 2.03. The van der Waals surface area contributed by atoms with Crippen molar-refractivity contribution in [1.29, 1.82) is 0 Å². The van der Waals surface area contributed by atoms with Gasteiger partial charge in [0, 0.05) is 12.6 Å². The highest BCUT2D eigenvalue weighted by molar-refractivity contribution is 6.35. The summed E-state index contributed by atoms with van der Waals surface area (Å²) in [7, 11) is 0. The third-order valence-electron chi connectivity index (χ3n) is 1.44. The van der Waals surface area contributed by atoms with E-state index in [1.807, 2.05) is 20.8 Å². The normalized spacial score (nSPS) is 9.85. The summed E-state index contributed by atoms with van der Waals surface area (Å²) in [5, 5.41) is 5.06. The van der Waals surface area contributed by atoms with Crippen LogP contribution in [-0.4, -0.2) is 24.4 Å². The molecule has 0 aliphatic carbocycles. The Bertz CT molecular complexity index is 178. The van der Waals surface area contributed by atoms with E-state index in [4.69, 9.17) is 0 Å². The summed E-state index contributed by atoms with van der Waals surface area (Å²) in [6.45, 7) is 6.23. The van der Waals surface area contributed by atoms with Gasteiger partial charge in [-0.1, -0.05) is 13.3 Å². The van der Waals surface area contributed by atoms with Crippen LogP contribution in [0.1, 0.15) is 33.6 Å². The van der Waals surface area contributed by atoms with E-state index in [1.54, 1.807) is 0 Å². The second-order valence-corrected chi connectivity index (χ2v) is 3.24. The van der Waals surface area contributed by atoms with Gasteiger partial charge in [0.25, 0.3) is 0 Å². The monoisotopic (exact) mass is 186 g/mol. The molecule has 0 heterocycles. The molecule has 0 unspecified atom stereocenters. The van der Waals surface area contributed by atoms with Crippen LogP contribution >= 0.6 is 0 Å². The van der Waals surface area contributed by atoms with Gasteiger partial charge < -0.3 is 10.6 Å². The molecule has 0 radical (unpaired) electrons. The number of unbranched alkanes of at least 4 members (excludes halogenated alkanes) is 1. The lowest BCUT2D eigenvalue weighted by Crippen LogP contribution is -2.42. The molecule has 0 aromatic heterocycles. The van der Waals surface area contributed by atoms with Crippen molar-refractivity contribution in [3.8, 4) is 0 Å². The largest absolute Gasteiger partial charge is 0.348 e. The van der Waals surface area contributed by atoms with Crippen LogP contribution in [0.15, 0.2) is 0 Å². The predicted octanol–water partition coefficient (Wildman–Crippen LogP) is 0.427. The van der Waals surface area contributed by atoms with Gasteiger partial charge in [-0.25, -0.2) is 0 Å². The van der Waals surface area contributed by atoms with E-state index in [0.717, 1.165) is 12.8 Å². The minimum atomic E-state index is -0.550. The van der Waals surface area contributed by atoms with Gasteiger partial charge in [-0.05, 0) is 20.3 Å². The summed E-state index contributed by atoms with van der Waals surface area (Å²) in [4.78, 5) is 22.1. The SMILES string of the molecule is CCCCNC(=O)C(=O)NC(C)C. The topological polar surface area (TPSA) is 58.2 Å². The number of hydrogen-bond acceptors (Lipinski definition) is 2. The fraction of sp³-hybridized carbons (Fsp3) is 0.778. The minimum absolute atomic E-state index is 0.00410. The molecule has 2 amide bonds. The Morgan fingerprint density at radius 2 is 1.85 bits per heavy atom. The maximum atomic E-state index is 11.0. The Kier molecular flexibility index (Phi) is 5.93. The van der Waals surface area contributed by atoms with Gasteiger partial charge >= 0.3 is 11.8 Å². The summed E-state index contributed by atoms with van der Waals surface area (Å²) in [5.41, 5.74) is 0. The Morgan fingerprint density at radius 1 is 1.23 bits per heavy atom. The van der Waals surface area contributed by atoms with E-state index in [-0.39, 0.29) is 6.04 Å². The third-order valence-corrected chi connectivity index (χ3v) is 1.44. The van der Waals surface area contributed by atoms with Gasteiger partial charge in [-0.15, -0.1) is 0 Å². The first-order valence-electron chi connectivity index (χ1n) is 4.66. The lowest BCUT2D eigenvalue weighted by molar-refractivity contribution is -0.139. The molecule has 76 valence electrons. The molecule has 0 aromatic rings. The molecule has 0 aliphatic rings. The second kappa shape index (κ2) is 6.46. The zero-order valence-corrected chi connectivity index (χ0v) is 8.52. The highest BCUT2D eigenvalue weighted by Gasteiger charge is 2.12. The van der Waals surface area contributed by atoms with E-state index >= 15 is 0 Å². The molecule has 0 bridgehead atoms. The van der Waals surface area contributed by atoms with Crippen LogP contribution in [0.2, 0.25) is 0 Å². The first-order valence-corrected chi connectivity index (χ1v) is 4.66. The van der Waals surface area contributed by atoms with Crippen LogP contribution in [0.25, 0.3) is 0 Å². The highest BCUT2D eigenvalue weighted by atomic mass is 16.2. The van der Waals surface area contributed by atoms with E-state index in [0.29, 0.717) is 6.54 Å². The van der Waals surface area contributed by atoms with Gasteiger partial charge in [0.15, 0.2) is 0 Å². The van der Waals surface area contributed by atoms with E-state index < -0.39 is 11.8 Å². The molecule has 0 rings (SSSR count). The number of nitrogens with one attached hydrogen (secondary N) is 2. The molecular formula is C9H18N2O2. The van der Waals surface area contributed by atoms with Crippen LogP contribution in [0, 0.1) is 0 Å². The fourth-order valence-electron chi connectivity index (χ4n) is 0.787. The number of carbonyl (C=O) groups is 2. The lowest BCUT2D eigenvalue weighted by Gasteiger charge is -2.07. The maximum Gasteiger partial charge on any atom is 0.309 e. The molecule has 2 N–H and O–H groups in total. The summed E-state index contributed by atoms with van der Waals surface area (Å²) in [6.07, 6.45) is 1.91. The Hall–Kier alpha value is -1.06. The predicted molar refractivity (Wildman–Crippen MR) is 51.2 cm³/mol. The van der Waals surface area contributed by atoms with Gasteiger partial charge in [-0.2, -0.15) is 0 Å². The molecule has 0 aliphatic heterocycles. The summed E-state index contributed by atoms with van der Waals surface area (Å²) < 4.78 is 0. The highest BCUT2D eigenvalue weighted by Crippen LogP contribution is 1.83. The van der Waals surface area contributed by atoms with Crippen molar-refractivity contribution >= 4 is 11.8 Å². The second-order valence-electron chi connectivity index (χ2n) is 3.24.